The Hall–Kier alpha value is -4.43. The van der Waals surface area contributed by atoms with Crippen molar-refractivity contribution in [3.8, 4) is 11.4 Å². The third-order valence-corrected chi connectivity index (χ3v) is 9.41. The molecule has 4 rings (SSSR count). The lowest BCUT2D eigenvalue weighted by molar-refractivity contribution is -0.125. The van der Waals surface area contributed by atoms with Crippen LogP contribution in [0, 0.1) is 33.1 Å². The second kappa shape index (κ2) is 14.6. The Bertz CT molecular complexity index is 1940. The van der Waals surface area contributed by atoms with Gasteiger partial charge in [-0.05, 0) is 81.5 Å². The van der Waals surface area contributed by atoms with Crippen LogP contribution in [0.15, 0.2) is 34.4 Å². The number of hydrogen-bond donors (Lipinski definition) is 3. The molecular formula is C35H48N8O5S. The molecule has 1 aliphatic heterocycles. The van der Waals surface area contributed by atoms with E-state index in [1.54, 1.807) is 4.68 Å². The molecule has 0 bridgehead atoms. The number of sulfone groups is 1. The van der Waals surface area contributed by atoms with E-state index in [0.29, 0.717) is 29.6 Å². The van der Waals surface area contributed by atoms with Crippen LogP contribution in [0.1, 0.15) is 69.1 Å². The van der Waals surface area contributed by atoms with E-state index >= 15 is 0 Å². The normalized spacial score (nSPS) is 14.4. The first-order chi connectivity index (χ1) is 22.9. The van der Waals surface area contributed by atoms with Gasteiger partial charge < -0.3 is 20.6 Å². The number of likely N-dealkylation sites (N-methyl/N-ethyl adjacent to an activating group) is 1. The molecule has 2 amide bonds. The fourth-order valence-electron chi connectivity index (χ4n) is 5.99. The van der Waals surface area contributed by atoms with Crippen LogP contribution in [-0.4, -0.2) is 89.4 Å². The number of anilines is 2. The molecular weight excluding hydrogens is 645 g/mol. The molecule has 0 spiro atoms. The molecule has 49 heavy (non-hydrogen) atoms. The Morgan fingerprint density at radius 3 is 2.29 bits per heavy atom. The number of benzene rings is 2. The summed E-state index contributed by atoms with van der Waals surface area (Å²) in [6, 6.07) is 6.92. The van der Waals surface area contributed by atoms with Crippen LogP contribution in [0.4, 0.5) is 17.1 Å². The Balaban J connectivity index is 1.78. The number of aliphatic hydroxyl groups excluding tert-OH is 1. The summed E-state index contributed by atoms with van der Waals surface area (Å²) in [6.45, 7) is 18.6. The zero-order valence-electron chi connectivity index (χ0n) is 30.1. The molecule has 264 valence electrons. The third-order valence-electron chi connectivity index (χ3n) is 8.43. The van der Waals surface area contributed by atoms with Gasteiger partial charge in [-0.1, -0.05) is 26.8 Å². The molecule has 0 saturated carbocycles. The standard InChI is InChI=1S/C35H48N8O5S/c1-11-42(15-16-44)25-12-13-26(20(2)19-25)37-30-31(35(7,8)9)41-43-32(39-40-33(30)43)28-21(3)18-22(4)29(23(28)5)38-34(46)27(36-24(6)45)14-17-49(10,47)48/h12-13,18-19,27,44H,11,14-17H2,1-10H3,(H,36,45)(H,38,46)/b37-30-. The van der Waals surface area contributed by atoms with Crippen molar-refractivity contribution in [2.45, 2.75) is 74.8 Å². The summed E-state index contributed by atoms with van der Waals surface area (Å²) < 4.78 is 25.4. The maximum atomic E-state index is 13.4. The molecule has 1 atom stereocenters. The molecule has 0 fully saturated rings. The Morgan fingerprint density at radius 2 is 1.71 bits per heavy atom. The Kier molecular flexibility index (Phi) is 11.1. The maximum absolute atomic E-state index is 13.4. The molecule has 0 aliphatic carbocycles. The Labute approximate surface area is 288 Å². The van der Waals surface area contributed by atoms with E-state index in [9.17, 15) is 23.1 Å². The molecule has 3 aromatic rings. The molecule has 3 N–H and O–H groups in total. The van der Waals surface area contributed by atoms with E-state index in [1.165, 1.54) is 6.92 Å². The minimum Gasteiger partial charge on any atom is -0.395 e. The van der Waals surface area contributed by atoms with Gasteiger partial charge in [-0.15, -0.1) is 10.2 Å². The smallest absolute Gasteiger partial charge is 0.246 e. The summed E-state index contributed by atoms with van der Waals surface area (Å²) in [5, 5.41) is 29.1. The number of nitrogens with one attached hydrogen (secondary N) is 2. The van der Waals surface area contributed by atoms with Crippen LogP contribution < -0.4 is 15.5 Å². The van der Waals surface area contributed by atoms with Crippen LogP contribution in [0.25, 0.3) is 11.4 Å². The zero-order chi connectivity index (χ0) is 36.4. The molecule has 1 unspecified atom stereocenters. The van der Waals surface area contributed by atoms with Crippen LogP contribution in [0.5, 0.6) is 0 Å². The minimum absolute atomic E-state index is 0.0626. The highest BCUT2D eigenvalue weighted by Gasteiger charge is 2.36. The van der Waals surface area contributed by atoms with E-state index < -0.39 is 27.7 Å². The molecule has 2 heterocycles. The van der Waals surface area contributed by atoms with Crippen LogP contribution in [0.2, 0.25) is 0 Å². The summed E-state index contributed by atoms with van der Waals surface area (Å²) in [5.74, 6) is -0.232. The number of aliphatic hydroxyl groups is 1. The van der Waals surface area contributed by atoms with E-state index in [2.05, 4.69) is 52.6 Å². The monoisotopic (exact) mass is 692 g/mol. The topological polar surface area (TPSA) is 171 Å². The largest absolute Gasteiger partial charge is 0.395 e. The number of carbonyl (C=O) groups is 2. The first-order valence-corrected chi connectivity index (χ1v) is 18.4. The highest BCUT2D eigenvalue weighted by molar-refractivity contribution is 7.90. The fourth-order valence-corrected chi connectivity index (χ4v) is 6.65. The van der Waals surface area contributed by atoms with E-state index in [-0.39, 0.29) is 24.2 Å². The average molecular weight is 693 g/mol. The van der Waals surface area contributed by atoms with Crippen LogP contribution >= 0.6 is 0 Å². The minimum atomic E-state index is -3.36. The number of carbonyl (C=O) groups excluding carboxylic acids is 2. The fraction of sp³-hybridized carbons (Fsp3) is 0.486. The third kappa shape index (κ3) is 8.42. The first kappa shape index (κ1) is 37.4. The second-order valence-electron chi connectivity index (χ2n) is 13.6. The van der Waals surface area contributed by atoms with Crippen molar-refractivity contribution in [3.05, 3.63) is 52.3 Å². The van der Waals surface area contributed by atoms with Crippen LogP contribution in [0.3, 0.4) is 0 Å². The highest BCUT2D eigenvalue weighted by Crippen LogP contribution is 2.37. The van der Waals surface area contributed by atoms with Gasteiger partial charge in [0.05, 0.1) is 23.8 Å². The van der Waals surface area contributed by atoms with Gasteiger partial charge in [0.25, 0.3) is 0 Å². The molecule has 14 heteroatoms. The number of fused-ring (bicyclic) bond motifs is 1. The number of aliphatic imine (C=N–C) groups is 1. The average Bonchev–Trinajstić information content (AvgIpc) is 3.57. The molecule has 0 saturated heterocycles. The molecule has 1 aromatic heterocycles. The number of aryl methyl sites for hydroxylation is 3. The van der Waals surface area contributed by atoms with E-state index in [0.717, 1.165) is 57.7 Å². The molecule has 1 aliphatic rings. The molecule has 13 nitrogen and oxygen atoms in total. The molecule has 2 aromatic carbocycles. The van der Waals surface area contributed by atoms with Crippen molar-refractivity contribution in [1.29, 1.82) is 0 Å². The van der Waals surface area contributed by atoms with Crippen molar-refractivity contribution < 1.29 is 23.1 Å². The quantitative estimate of drug-likeness (QED) is 0.253. The number of nitrogens with zero attached hydrogens (tertiary/aromatic N) is 6. The van der Waals surface area contributed by atoms with E-state index in [4.69, 9.17) is 10.1 Å². The van der Waals surface area contributed by atoms with Gasteiger partial charge in [0.1, 0.15) is 21.6 Å². The van der Waals surface area contributed by atoms with Crippen molar-refractivity contribution in [3.63, 3.8) is 0 Å². The van der Waals surface area contributed by atoms with Crippen molar-refractivity contribution >= 4 is 50.1 Å². The van der Waals surface area contributed by atoms with Gasteiger partial charge in [-0.3, -0.25) is 9.59 Å². The van der Waals surface area contributed by atoms with Crippen molar-refractivity contribution in [2.75, 3.05) is 41.9 Å². The lowest BCUT2D eigenvalue weighted by Gasteiger charge is -2.23. The predicted molar refractivity (Wildman–Crippen MR) is 195 cm³/mol. The zero-order valence-corrected chi connectivity index (χ0v) is 30.9. The van der Waals surface area contributed by atoms with Gasteiger partial charge in [0.2, 0.25) is 17.6 Å². The van der Waals surface area contributed by atoms with Crippen LogP contribution in [-0.2, 0) is 19.4 Å². The summed E-state index contributed by atoms with van der Waals surface area (Å²) in [4.78, 5) is 32.5. The summed E-state index contributed by atoms with van der Waals surface area (Å²) in [5.41, 5.74) is 7.39. The second-order valence-corrected chi connectivity index (χ2v) is 15.9. The number of aromatic nitrogens is 3. The summed E-state index contributed by atoms with van der Waals surface area (Å²) >= 11 is 0. The maximum Gasteiger partial charge on any atom is 0.246 e. The molecule has 0 radical (unpaired) electrons. The van der Waals surface area contributed by atoms with Crippen molar-refractivity contribution in [1.82, 2.24) is 20.2 Å². The van der Waals surface area contributed by atoms with E-state index in [1.807, 2.05) is 52.8 Å². The lowest BCUT2D eigenvalue weighted by atomic mass is 9.87. The highest BCUT2D eigenvalue weighted by atomic mass is 32.2. The summed E-state index contributed by atoms with van der Waals surface area (Å²) in [7, 11) is -3.36. The van der Waals surface area contributed by atoms with Crippen molar-refractivity contribution in [2.24, 2.45) is 15.5 Å². The summed E-state index contributed by atoms with van der Waals surface area (Å²) in [6.07, 6.45) is 1.03. The predicted octanol–water partition coefficient (Wildman–Crippen LogP) is 4.26. The lowest BCUT2D eigenvalue weighted by Crippen LogP contribution is -2.44. The SMILES string of the molecule is CCN(CCO)c1ccc(/N=C2/C(C(C)(C)C)=Nn3c2nnc3-c2c(C)cc(C)c(NC(=O)C(CCS(C)(=O)=O)NC(C)=O)c2C)c(C)c1. The van der Waals surface area contributed by atoms with Gasteiger partial charge >= 0.3 is 0 Å². The number of hydrogen-bond acceptors (Lipinski definition) is 10. The number of amides is 2. The van der Waals surface area contributed by atoms with Gasteiger partial charge in [-0.2, -0.15) is 9.78 Å². The first-order valence-electron chi connectivity index (χ1n) is 16.3. The Morgan fingerprint density at radius 1 is 1.04 bits per heavy atom. The number of rotatable bonds is 12. The van der Waals surface area contributed by atoms with Gasteiger partial charge in [-0.25, -0.2) is 13.4 Å². The van der Waals surface area contributed by atoms with Gasteiger partial charge in [0, 0.05) is 48.6 Å². The van der Waals surface area contributed by atoms with Gasteiger partial charge in [0.15, 0.2) is 5.82 Å².